The predicted molar refractivity (Wildman–Crippen MR) is 95.5 cm³/mol. The Morgan fingerprint density at radius 1 is 1.30 bits per heavy atom. The van der Waals surface area contributed by atoms with Crippen molar-refractivity contribution in [1.29, 1.82) is 0 Å². The number of hydrogen-bond donors (Lipinski definition) is 4. The topological polar surface area (TPSA) is 120 Å². The van der Waals surface area contributed by atoms with E-state index in [1.807, 2.05) is 0 Å². The molecule has 9 heteroatoms. The lowest BCUT2D eigenvalue weighted by Crippen LogP contribution is -2.55. The lowest BCUT2D eigenvalue weighted by Gasteiger charge is -2.40. The van der Waals surface area contributed by atoms with E-state index in [2.05, 4.69) is 0 Å². The number of ether oxygens (including phenoxy) is 2. The first-order chi connectivity index (χ1) is 12.8. The molecule has 3 rings (SSSR count). The second-order valence-electron chi connectivity index (χ2n) is 6.93. The highest BCUT2D eigenvalue weighted by atomic mass is 35.5. The molecule has 6 atom stereocenters. The smallest absolute Gasteiger partial charge is 0.219 e. The van der Waals surface area contributed by atoms with Crippen LogP contribution >= 0.6 is 11.6 Å². The summed E-state index contributed by atoms with van der Waals surface area (Å²) in [5.41, 5.74) is 0.493. The van der Waals surface area contributed by atoms with Crippen molar-refractivity contribution in [1.82, 2.24) is 4.90 Å². The molecule has 0 aromatic heterocycles. The van der Waals surface area contributed by atoms with Crippen LogP contribution < -0.4 is 4.74 Å². The molecule has 1 unspecified atom stereocenters. The third-order valence-electron chi connectivity index (χ3n) is 5.06. The van der Waals surface area contributed by atoms with Gasteiger partial charge in [0, 0.05) is 19.9 Å². The number of hydrogen-bond acceptors (Lipinski definition) is 7. The zero-order valence-corrected chi connectivity index (χ0v) is 15.6. The third kappa shape index (κ3) is 4.21. The largest absolute Gasteiger partial charge is 0.487 e. The van der Waals surface area contributed by atoms with Crippen LogP contribution in [0.1, 0.15) is 25.0 Å². The number of benzene rings is 1. The normalized spacial score (nSPS) is 33.9. The third-order valence-corrected chi connectivity index (χ3v) is 5.37. The molecular weight excluding hydrogens is 378 g/mol. The number of aliphatic hydroxyl groups excluding tert-OH is 4. The molecule has 2 fully saturated rings. The summed E-state index contributed by atoms with van der Waals surface area (Å²) in [5.74, 6) is 0.365. The monoisotopic (exact) mass is 401 g/mol. The summed E-state index contributed by atoms with van der Waals surface area (Å²) in [6.45, 7) is 2.09. The molecular formula is C18H24ClNO7. The highest BCUT2D eigenvalue weighted by Gasteiger charge is 2.44. The van der Waals surface area contributed by atoms with Crippen LogP contribution in [0.25, 0.3) is 0 Å². The van der Waals surface area contributed by atoms with Gasteiger partial charge in [0.15, 0.2) is 0 Å². The fourth-order valence-corrected chi connectivity index (χ4v) is 3.62. The lowest BCUT2D eigenvalue weighted by atomic mass is 9.91. The van der Waals surface area contributed by atoms with Gasteiger partial charge in [0.25, 0.3) is 0 Å². The van der Waals surface area contributed by atoms with Gasteiger partial charge < -0.3 is 34.8 Å². The Bertz CT molecular complexity index is 686. The number of halogens is 1. The molecule has 2 heterocycles. The summed E-state index contributed by atoms with van der Waals surface area (Å²) < 4.78 is 11.5. The fraction of sp³-hybridized carbons (Fsp3) is 0.611. The van der Waals surface area contributed by atoms with Crippen LogP contribution in [0, 0.1) is 0 Å². The molecule has 0 radical (unpaired) electrons. The Kier molecular flexibility index (Phi) is 6.25. The van der Waals surface area contributed by atoms with Gasteiger partial charge in [-0.05, 0) is 17.7 Å². The number of amides is 1. The molecule has 0 spiro atoms. The summed E-state index contributed by atoms with van der Waals surface area (Å²) in [4.78, 5) is 13.2. The van der Waals surface area contributed by atoms with Gasteiger partial charge in [-0.2, -0.15) is 0 Å². The number of nitrogens with zero attached hydrogens (tertiary/aromatic N) is 1. The maximum Gasteiger partial charge on any atom is 0.219 e. The highest BCUT2D eigenvalue weighted by molar-refractivity contribution is 6.32. The fourth-order valence-electron chi connectivity index (χ4n) is 3.45. The zero-order valence-electron chi connectivity index (χ0n) is 14.9. The van der Waals surface area contributed by atoms with Gasteiger partial charge in [-0.3, -0.25) is 4.79 Å². The Balaban J connectivity index is 1.78. The molecule has 150 valence electrons. The lowest BCUT2D eigenvalue weighted by molar-refractivity contribution is -0.231. The van der Waals surface area contributed by atoms with Crippen molar-refractivity contribution in [2.24, 2.45) is 0 Å². The highest BCUT2D eigenvalue weighted by Crippen LogP contribution is 2.36. The minimum absolute atomic E-state index is 0.0118. The number of carbonyl (C=O) groups excluding carboxylic acids is 1. The van der Waals surface area contributed by atoms with Crippen LogP contribution in [-0.4, -0.2) is 81.4 Å². The van der Waals surface area contributed by atoms with Crippen molar-refractivity contribution in [3.63, 3.8) is 0 Å². The Hall–Kier alpha value is -1.42. The Morgan fingerprint density at radius 2 is 2.04 bits per heavy atom. The van der Waals surface area contributed by atoms with Crippen molar-refractivity contribution >= 4 is 17.5 Å². The van der Waals surface area contributed by atoms with Crippen LogP contribution in [0.4, 0.5) is 0 Å². The molecule has 1 aromatic carbocycles. The Labute approximate surface area is 161 Å². The van der Waals surface area contributed by atoms with Crippen molar-refractivity contribution < 1.29 is 34.7 Å². The van der Waals surface area contributed by atoms with Crippen LogP contribution in [0.5, 0.6) is 5.75 Å². The summed E-state index contributed by atoms with van der Waals surface area (Å²) >= 11 is 6.22. The maximum atomic E-state index is 11.5. The number of carbonyl (C=O) groups is 1. The molecule has 0 saturated carbocycles. The number of likely N-dealkylation sites (tertiary alicyclic amines) is 1. The van der Waals surface area contributed by atoms with Gasteiger partial charge in [-0.25, -0.2) is 0 Å². The first kappa shape index (κ1) is 20.3. The van der Waals surface area contributed by atoms with E-state index < -0.39 is 37.1 Å². The van der Waals surface area contributed by atoms with E-state index in [1.165, 1.54) is 6.92 Å². The molecule has 2 aliphatic rings. The summed E-state index contributed by atoms with van der Waals surface area (Å²) in [6, 6.07) is 4.81. The van der Waals surface area contributed by atoms with Gasteiger partial charge in [0.1, 0.15) is 42.4 Å². The first-order valence-electron chi connectivity index (χ1n) is 8.84. The average Bonchev–Trinajstić information content (AvgIpc) is 3.11. The van der Waals surface area contributed by atoms with Gasteiger partial charge in [0.2, 0.25) is 5.91 Å². The van der Waals surface area contributed by atoms with E-state index in [0.717, 1.165) is 0 Å². The first-order valence-corrected chi connectivity index (χ1v) is 9.21. The van der Waals surface area contributed by atoms with E-state index in [9.17, 15) is 25.2 Å². The van der Waals surface area contributed by atoms with Gasteiger partial charge in [-0.15, -0.1) is 0 Å². The van der Waals surface area contributed by atoms with Crippen molar-refractivity contribution in [3.8, 4) is 5.75 Å². The maximum absolute atomic E-state index is 11.5. The second-order valence-corrected chi connectivity index (χ2v) is 7.34. The number of rotatable bonds is 4. The van der Waals surface area contributed by atoms with Crippen molar-refractivity contribution in [3.05, 3.63) is 28.8 Å². The van der Waals surface area contributed by atoms with Crippen molar-refractivity contribution in [2.45, 2.75) is 50.0 Å². The van der Waals surface area contributed by atoms with Crippen LogP contribution in [0.2, 0.25) is 5.02 Å². The SMILES string of the molecule is CC(=O)N1CCC(Oc2cc([C@@H]3O[C@H](CO)[C@@H](O)[C@H](O)[C@H]3O)ccc2Cl)C1. The van der Waals surface area contributed by atoms with Crippen molar-refractivity contribution in [2.75, 3.05) is 19.7 Å². The molecule has 0 aliphatic carbocycles. The molecule has 0 bridgehead atoms. The van der Waals surface area contributed by atoms with E-state index in [4.69, 9.17) is 21.1 Å². The van der Waals surface area contributed by atoms with Crippen LogP contribution in [0.3, 0.4) is 0 Å². The summed E-state index contributed by atoms with van der Waals surface area (Å²) in [7, 11) is 0. The molecule has 4 N–H and O–H groups in total. The quantitative estimate of drug-likeness (QED) is 0.554. The summed E-state index contributed by atoms with van der Waals surface area (Å²) in [6.07, 6.45) is -5.72. The predicted octanol–water partition coefficient (Wildman–Crippen LogP) is -0.145. The molecule has 1 amide bonds. The minimum atomic E-state index is -1.46. The summed E-state index contributed by atoms with van der Waals surface area (Å²) in [5, 5.41) is 39.9. The van der Waals surface area contributed by atoms with E-state index in [0.29, 0.717) is 35.8 Å². The van der Waals surface area contributed by atoms with Gasteiger partial charge in [0.05, 0.1) is 18.2 Å². The Morgan fingerprint density at radius 3 is 2.67 bits per heavy atom. The average molecular weight is 402 g/mol. The minimum Gasteiger partial charge on any atom is -0.487 e. The van der Waals surface area contributed by atoms with Crippen LogP contribution in [-0.2, 0) is 9.53 Å². The van der Waals surface area contributed by atoms with E-state index in [1.54, 1.807) is 23.1 Å². The molecule has 2 saturated heterocycles. The molecule has 8 nitrogen and oxygen atoms in total. The van der Waals surface area contributed by atoms with Gasteiger partial charge in [-0.1, -0.05) is 17.7 Å². The van der Waals surface area contributed by atoms with E-state index >= 15 is 0 Å². The number of aliphatic hydroxyl groups is 4. The van der Waals surface area contributed by atoms with Gasteiger partial charge >= 0.3 is 0 Å². The standard InChI is InChI=1S/C18H24ClNO7/c1-9(22)20-5-4-11(7-20)26-13-6-10(2-3-12(13)19)18-17(25)16(24)15(23)14(8-21)27-18/h2-3,6,11,14-18,21,23-25H,4-5,7-8H2,1H3/t11?,14-,15-,16+,17-,18+/m1/s1. The zero-order chi connectivity index (χ0) is 19.7. The molecule has 27 heavy (non-hydrogen) atoms. The van der Waals surface area contributed by atoms with E-state index in [-0.39, 0.29) is 12.0 Å². The van der Waals surface area contributed by atoms with Crippen LogP contribution in [0.15, 0.2) is 18.2 Å². The molecule has 1 aromatic rings. The molecule has 2 aliphatic heterocycles. The second kappa shape index (κ2) is 8.30.